The fraction of sp³-hybridized carbons (Fsp3) is 0.600. The van der Waals surface area contributed by atoms with Crippen molar-refractivity contribution in [3.8, 4) is 0 Å². The van der Waals surface area contributed by atoms with E-state index in [0.29, 0.717) is 12.3 Å². The molecule has 116 valence electrons. The van der Waals surface area contributed by atoms with Crippen molar-refractivity contribution in [2.24, 2.45) is 0 Å². The topological polar surface area (TPSA) is 73.6 Å². The molecule has 2 rings (SSSR count). The number of anilines is 1. The van der Waals surface area contributed by atoms with Crippen LogP contribution in [0.3, 0.4) is 0 Å². The summed E-state index contributed by atoms with van der Waals surface area (Å²) < 4.78 is 11.6. The molecule has 0 bridgehead atoms. The van der Waals surface area contributed by atoms with Crippen LogP contribution in [-0.2, 0) is 16.1 Å². The molecule has 1 aromatic carbocycles. The van der Waals surface area contributed by atoms with E-state index in [4.69, 9.17) is 9.47 Å². The van der Waals surface area contributed by atoms with E-state index in [1.807, 2.05) is 19.9 Å². The molecular weight excluding hydrogens is 272 g/mol. The number of nitro groups is 1. The maximum atomic E-state index is 11.0. The molecule has 1 aliphatic heterocycles. The predicted molar refractivity (Wildman–Crippen MR) is 80.5 cm³/mol. The normalized spacial score (nSPS) is 25.6. The van der Waals surface area contributed by atoms with Gasteiger partial charge in [-0.2, -0.15) is 0 Å². The Morgan fingerprint density at radius 2 is 2.05 bits per heavy atom. The van der Waals surface area contributed by atoms with Crippen molar-refractivity contribution in [3.63, 3.8) is 0 Å². The molecule has 6 heteroatoms. The maximum Gasteiger partial charge on any atom is 0.292 e. The Morgan fingerprint density at radius 3 is 2.62 bits per heavy atom. The van der Waals surface area contributed by atoms with E-state index >= 15 is 0 Å². The van der Waals surface area contributed by atoms with Crippen LogP contribution in [0, 0.1) is 10.1 Å². The van der Waals surface area contributed by atoms with Gasteiger partial charge in [0.1, 0.15) is 5.69 Å². The average Bonchev–Trinajstić information content (AvgIpc) is 2.43. The van der Waals surface area contributed by atoms with Crippen molar-refractivity contribution in [1.29, 1.82) is 0 Å². The number of rotatable bonds is 5. The Hall–Kier alpha value is -1.66. The third-order valence-corrected chi connectivity index (χ3v) is 3.70. The molecule has 1 aromatic rings. The van der Waals surface area contributed by atoms with Crippen LogP contribution in [0.5, 0.6) is 0 Å². The van der Waals surface area contributed by atoms with Gasteiger partial charge in [-0.05, 0) is 26.7 Å². The van der Waals surface area contributed by atoms with Gasteiger partial charge < -0.3 is 14.8 Å². The van der Waals surface area contributed by atoms with Gasteiger partial charge >= 0.3 is 0 Å². The molecule has 2 unspecified atom stereocenters. The van der Waals surface area contributed by atoms with Crippen LogP contribution in [0.25, 0.3) is 0 Å². The monoisotopic (exact) mass is 294 g/mol. The highest BCUT2D eigenvalue weighted by Gasteiger charge is 2.25. The minimum Gasteiger partial charge on any atom is -0.382 e. The van der Waals surface area contributed by atoms with Crippen LogP contribution in [-0.4, -0.2) is 30.3 Å². The average molecular weight is 294 g/mol. The second-order valence-electron chi connectivity index (χ2n) is 5.48. The summed E-state index contributed by atoms with van der Waals surface area (Å²) in [5.74, 6) is 0. The van der Waals surface area contributed by atoms with E-state index in [1.54, 1.807) is 13.1 Å². The first-order valence-corrected chi connectivity index (χ1v) is 7.22. The highest BCUT2D eigenvalue weighted by Crippen LogP contribution is 2.29. The Kier molecular flexibility index (Phi) is 5.14. The number of ether oxygens (including phenoxy) is 2. The van der Waals surface area contributed by atoms with Crippen molar-refractivity contribution in [2.75, 3.05) is 12.4 Å². The van der Waals surface area contributed by atoms with Crippen LogP contribution in [0.1, 0.15) is 32.3 Å². The number of nitrogens with zero attached hydrogens (tertiary/aromatic N) is 1. The number of hydrogen-bond acceptors (Lipinski definition) is 5. The number of para-hydroxylation sites is 1. The highest BCUT2D eigenvalue weighted by atomic mass is 16.6. The summed E-state index contributed by atoms with van der Waals surface area (Å²) in [6.45, 7) is 4.44. The summed E-state index contributed by atoms with van der Waals surface area (Å²) in [6, 6.07) is 5.03. The SMILES string of the molecule is CNc1c(COC2CC(C)OC(C)C2)cccc1[N+](=O)[O-]. The number of nitro benzene ring substituents is 1. The molecule has 6 nitrogen and oxygen atoms in total. The summed E-state index contributed by atoms with van der Waals surface area (Å²) >= 11 is 0. The molecule has 1 aliphatic rings. The maximum absolute atomic E-state index is 11.0. The lowest BCUT2D eigenvalue weighted by Gasteiger charge is -2.32. The van der Waals surface area contributed by atoms with Gasteiger partial charge in [-0.15, -0.1) is 0 Å². The lowest BCUT2D eigenvalue weighted by atomic mass is 10.0. The van der Waals surface area contributed by atoms with E-state index in [0.717, 1.165) is 18.4 Å². The van der Waals surface area contributed by atoms with Crippen LogP contribution in [0.15, 0.2) is 18.2 Å². The number of nitrogens with one attached hydrogen (secondary N) is 1. The van der Waals surface area contributed by atoms with Crippen molar-refractivity contribution in [2.45, 2.75) is 51.6 Å². The summed E-state index contributed by atoms with van der Waals surface area (Å²) in [7, 11) is 1.68. The second kappa shape index (κ2) is 6.87. The molecule has 0 amide bonds. The minimum atomic E-state index is -0.381. The van der Waals surface area contributed by atoms with Gasteiger partial charge in [0.25, 0.3) is 5.69 Å². The van der Waals surface area contributed by atoms with Crippen LogP contribution >= 0.6 is 0 Å². The molecule has 21 heavy (non-hydrogen) atoms. The van der Waals surface area contributed by atoms with E-state index in [1.165, 1.54) is 6.07 Å². The zero-order valence-electron chi connectivity index (χ0n) is 12.7. The van der Waals surface area contributed by atoms with Gasteiger partial charge in [-0.1, -0.05) is 12.1 Å². The first-order valence-electron chi connectivity index (χ1n) is 7.22. The molecule has 1 heterocycles. The molecule has 0 spiro atoms. The van der Waals surface area contributed by atoms with Gasteiger partial charge in [0.15, 0.2) is 0 Å². The van der Waals surface area contributed by atoms with Crippen LogP contribution < -0.4 is 5.32 Å². The molecule has 1 fully saturated rings. The number of benzene rings is 1. The van der Waals surface area contributed by atoms with Gasteiger partial charge in [0.05, 0.1) is 29.8 Å². The Labute approximate surface area is 124 Å². The quantitative estimate of drug-likeness (QED) is 0.667. The summed E-state index contributed by atoms with van der Waals surface area (Å²) in [5.41, 5.74) is 1.40. The predicted octanol–water partition coefficient (Wildman–Crippen LogP) is 3.11. The lowest BCUT2D eigenvalue weighted by Crippen LogP contribution is -2.34. The Bertz CT molecular complexity index is 496. The smallest absolute Gasteiger partial charge is 0.292 e. The molecule has 0 aliphatic carbocycles. The molecular formula is C15H22N2O4. The number of hydrogen-bond donors (Lipinski definition) is 1. The Balaban J connectivity index is 2.06. The van der Waals surface area contributed by atoms with E-state index in [2.05, 4.69) is 5.32 Å². The minimum absolute atomic E-state index is 0.0762. The van der Waals surface area contributed by atoms with Crippen molar-refractivity contribution < 1.29 is 14.4 Å². The molecule has 0 saturated carbocycles. The summed E-state index contributed by atoms with van der Waals surface area (Å²) in [6.07, 6.45) is 2.22. The van der Waals surface area contributed by atoms with Gasteiger partial charge in [0.2, 0.25) is 0 Å². The van der Waals surface area contributed by atoms with E-state index in [-0.39, 0.29) is 28.9 Å². The highest BCUT2D eigenvalue weighted by molar-refractivity contribution is 5.65. The third-order valence-electron chi connectivity index (χ3n) is 3.70. The summed E-state index contributed by atoms with van der Waals surface area (Å²) in [4.78, 5) is 10.7. The zero-order chi connectivity index (χ0) is 15.4. The van der Waals surface area contributed by atoms with E-state index in [9.17, 15) is 10.1 Å². The first kappa shape index (κ1) is 15.7. The molecule has 2 atom stereocenters. The largest absolute Gasteiger partial charge is 0.382 e. The van der Waals surface area contributed by atoms with Crippen LogP contribution in [0.2, 0.25) is 0 Å². The van der Waals surface area contributed by atoms with Crippen molar-refractivity contribution in [1.82, 2.24) is 0 Å². The standard InChI is InChI=1S/C15H22N2O4/c1-10-7-13(8-11(2)21-10)20-9-12-5-4-6-14(17(18)19)15(12)16-3/h4-6,10-11,13,16H,7-9H2,1-3H3. The fourth-order valence-corrected chi connectivity index (χ4v) is 2.84. The Morgan fingerprint density at radius 1 is 1.38 bits per heavy atom. The summed E-state index contributed by atoms with van der Waals surface area (Å²) in [5, 5.41) is 13.9. The molecule has 0 aromatic heterocycles. The molecule has 1 saturated heterocycles. The molecule has 0 radical (unpaired) electrons. The van der Waals surface area contributed by atoms with Gasteiger partial charge in [0, 0.05) is 18.7 Å². The second-order valence-corrected chi connectivity index (χ2v) is 5.48. The first-order chi connectivity index (χ1) is 10.0. The van der Waals surface area contributed by atoms with Crippen molar-refractivity contribution >= 4 is 11.4 Å². The van der Waals surface area contributed by atoms with Crippen LogP contribution in [0.4, 0.5) is 11.4 Å². The zero-order valence-corrected chi connectivity index (χ0v) is 12.7. The van der Waals surface area contributed by atoms with Gasteiger partial charge in [-0.25, -0.2) is 0 Å². The lowest BCUT2D eigenvalue weighted by molar-refractivity contribution is -0.384. The van der Waals surface area contributed by atoms with Crippen molar-refractivity contribution in [3.05, 3.63) is 33.9 Å². The molecule has 1 N–H and O–H groups in total. The third kappa shape index (κ3) is 3.92. The van der Waals surface area contributed by atoms with Gasteiger partial charge in [-0.3, -0.25) is 10.1 Å². The fourth-order valence-electron chi connectivity index (χ4n) is 2.84. The van der Waals surface area contributed by atoms with E-state index < -0.39 is 0 Å².